The van der Waals surface area contributed by atoms with E-state index in [4.69, 9.17) is 13.9 Å². The van der Waals surface area contributed by atoms with Gasteiger partial charge in [0, 0.05) is 24.5 Å². The van der Waals surface area contributed by atoms with Gasteiger partial charge in [-0.2, -0.15) is 0 Å². The number of hydrogen-bond donors (Lipinski definition) is 1. The van der Waals surface area contributed by atoms with E-state index in [1.165, 1.54) is 18.2 Å². The SMILES string of the molecule is Cc1oc2ccc(OCc3cccc(OC(F)(F)F)c3)cc2c1C(=O)N[C@@H]1CCN(C(=O)OC(C)(C)C)C1. The first kappa shape index (κ1) is 27.2. The van der Waals surface area contributed by atoms with Crippen LogP contribution in [0.2, 0.25) is 0 Å². The van der Waals surface area contributed by atoms with E-state index < -0.39 is 18.1 Å². The van der Waals surface area contributed by atoms with Crippen molar-refractivity contribution in [2.75, 3.05) is 13.1 Å². The summed E-state index contributed by atoms with van der Waals surface area (Å²) in [6.45, 7) is 7.86. The number of ether oxygens (including phenoxy) is 3. The maximum absolute atomic E-state index is 13.2. The minimum atomic E-state index is -4.78. The Hall–Kier alpha value is -3.89. The minimum absolute atomic E-state index is 0.0124. The van der Waals surface area contributed by atoms with E-state index in [0.717, 1.165) is 0 Å². The number of rotatable bonds is 6. The monoisotopic (exact) mass is 534 g/mol. The van der Waals surface area contributed by atoms with Gasteiger partial charge in [-0.1, -0.05) is 12.1 Å². The molecule has 0 spiro atoms. The number of alkyl halides is 3. The van der Waals surface area contributed by atoms with Gasteiger partial charge in [0.2, 0.25) is 0 Å². The zero-order valence-electron chi connectivity index (χ0n) is 21.5. The number of carbonyl (C=O) groups is 2. The molecule has 8 nitrogen and oxygen atoms in total. The Labute approximate surface area is 217 Å². The number of likely N-dealkylation sites (tertiary alicyclic amines) is 1. The molecule has 204 valence electrons. The number of hydrogen-bond acceptors (Lipinski definition) is 6. The Morgan fingerprint density at radius 3 is 2.58 bits per heavy atom. The molecule has 3 aromatic rings. The molecule has 0 saturated carbocycles. The first-order valence-electron chi connectivity index (χ1n) is 12.1. The molecule has 1 saturated heterocycles. The summed E-state index contributed by atoms with van der Waals surface area (Å²) in [4.78, 5) is 27.1. The summed E-state index contributed by atoms with van der Waals surface area (Å²) in [5, 5.41) is 3.50. The molecule has 1 aliphatic rings. The van der Waals surface area contributed by atoms with Crippen molar-refractivity contribution in [3.8, 4) is 11.5 Å². The standard InChI is InChI=1S/C27H29F3N2O6/c1-16-23(24(33)31-18-10-11-32(14-18)25(34)38-26(2,3)4)21-13-19(8-9-22(21)36-16)35-15-17-6-5-7-20(12-17)37-27(28,29)30/h5-9,12-13,18H,10-11,14-15H2,1-4H3,(H,31,33)/t18-/m1/s1. The third-order valence-electron chi connectivity index (χ3n) is 5.78. The number of benzene rings is 2. The van der Waals surface area contributed by atoms with E-state index in [-0.39, 0.29) is 24.3 Å². The molecule has 0 unspecified atom stereocenters. The maximum atomic E-state index is 13.2. The summed E-state index contributed by atoms with van der Waals surface area (Å²) in [6.07, 6.45) is -4.62. The summed E-state index contributed by atoms with van der Waals surface area (Å²) in [7, 11) is 0. The number of nitrogens with zero attached hydrogens (tertiary/aromatic N) is 1. The molecule has 1 aromatic heterocycles. The molecule has 1 atom stereocenters. The van der Waals surface area contributed by atoms with Gasteiger partial charge in [-0.05, 0) is 70.0 Å². The summed E-state index contributed by atoms with van der Waals surface area (Å²) in [6, 6.07) is 10.2. The second kappa shape index (κ2) is 10.5. The number of nitrogens with one attached hydrogen (secondary N) is 1. The van der Waals surface area contributed by atoms with E-state index in [9.17, 15) is 22.8 Å². The van der Waals surface area contributed by atoms with Gasteiger partial charge >= 0.3 is 12.5 Å². The Morgan fingerprint density at radius 1 is 1.11 bits per heavy atom. The smallest absolute Gasteiger partial charge is 0.489 e. The minimum Gasteiger partial charge on any atom is -0.489 e. The van der Waals surface area contributed by atoms with E-state index >= 15 is 0 Å². The molecule has 0 radical (unpaired) electrons. The Balaban J connectivity index is 1.43. The zero-order chi connectivity index (χ0) is 27.7. The lowest BCUT2D eigenvalue weighted by molar-refractivity contribution is -0.274. The average molecular weight is 535 g/mol. The largest absolute Gasteiger partial charge is 0.573 e. The first-order valence-corrected chi connectivity index (χ1v) is 12.1. The lowest BCUT2D eigenvalue weighted by Gasteiger charge is -2.24. The molecule has 1 N–H and O–H groups in total. The van der Waals surface area contributed by atoms with Gasteiger partial charge in [-0.25, -0.2) is 4.79 Å². The predicted molar refractivity (Wildman–Crippen MR) is 132 cm³/mol. The number of furan rings is 1. The molecule has 11 heteroatoms. The van der Waals surface area contributed by atoms with Gasteiger partial charge in [0.05, 0.1) is 5.56 Å². The third-order valence-corrected chi connectivity index (χ3v) is 5.78. The van der Waals surface area contributed by atoms with Crippen LogP contribution in [0.3, 0.4) is 0 Å². The fraction of sp³-hybridized carbons (Fsp3) is 0.407. The van der Waals surface area contributed by atoms with E-state index in [0.29, 0.717) is 53.1 Å². The van der Waals surface area contributed by atoms with Gasteiger partial charge in [0.15, 0.2) is 0 Å². The zero-order valence-corrected chi connectivity index (χ0v) is 21.5. The highest BCUT2D eigenvalue weighted by Gasteiger charge is 2.32. The molecule has 2 aromatic carbocycles. The number of halogens is 3. The van der Waals surface area contributed by atoms with E-state index in [1.54, 1.807) is 56.9 Å². The average Bonchev–Trinajstić information content (AvgIpc) is 3.39. The lowest BCUT2D eigenvalue weighted by Crippen LogP contribution is -2.40. The number of aryl methyl sites for hydroxylation is 1. The van der Waals surface area contributed by atoms with E-state index in [2.05, 4.69) is 10.1 Å². The molecule has 2 heterocycles. The van der Waals surface area contributed by atoms with Crippen LogP contribution >= 0.6 is 0 Å². The highest BCUT2D eigenvalue weighted by Crippen LogP contribution is 2.30. The summed E-state index contributed by atoms with van der Waals surface area (Å²) in [5.41, 5.74) is 0.707. The van der Waals surface area contributed by atoms with Crippen LogP contribution in [-0.4, -0.2) is 48.0 Å². The molecule has 0 aliphatic carbocycles. The first-order chi connectivity index (χ1) is 17.8. The van der Waals surface area contributed by atoms with Crippen LogP contribution in [0, 0.1) is 6.92 Å². The number of amides is 2. The quantitative estimate of drug-likeness (QED) is 0.420. The molecule has 0 bridgehead atoms. The third kappa shape index (κ3) is 6.90. The number of fused-ring (bicyclic) bond motifs is 1. The Kier molecular flexibility index (Phi) is 7.48. The van der Waals surface area contributed by atoms with E-state index in [1.807, 2.05) is 0 Å². The van der Waals surface area contributed by atoms with Crippen molar-refractivity contribution in [2.45, 2.75) is 58.7 Å². The van der Waals surface area contributed by atoms with Crippen LogP contribution in [0.1, 0.15) is 48.9 Å². The maximum Gasteiger partial charge on any atom is 0.573 e. The Bertz CT molecular complexity index is 1330. The van der Waals surface area contributed by atoms with Crippen molar-refractivity contribution >= 4 is 23.0 Å². The highest BCUT2D eigenvalue weighted by atomic mass is 19.4. The van der Waals surface area contributed by atoms with Crippen LogP contribution in [0.15, 0.2) is 46.9 Å². The van der Waals surface area contributed by atoms with Crippen molar-refractivity contribution in [3.63, 3.8) is 0 Å². The van der Waals surface area contributed by atoms with Crippen molar-refractivity contribution < 1.29 is 41.4 Å². The van der Waals surface area contributed by atoms with Crippen LogP contribution in [-0.2, 0) is 11.3 Å². The topological polar surface area (TPSA) is 90.2 Å². The van der Waals surface area contributed by atoms with Crippen molar-refractivity contribution in [1.29, 1.82) is 0 Å². The normalized spacial score (nSPS) is 16.0. The molecule has 1 fully saturated rings. The molecule has 2 amide bonds. The van der Waals surface area contributed by atoms with Crippen molar-refractivity contribution in [1.82, 2.24) is 10.2 Å². The van der Waals surface area contributed by atoms with Crippen molar-refractivity contribution in [3.05, 3.63) is 59.4 Å². The van der Waals surface area contributed by atoms with Gasteiger partial charge in [-0.3, -0.25) is 4.79 Å². The molecular weight excluding hydrogens is 505 g/mol. The molecule has 1 aliphatic heterocycles. The van der Waals surface area contributed by atoms with Crippen LogP contribution < -0.4 is 14.8 Å². The lowest BCUT2D eigenvalue weighted by atomic mass is 10.1. The predicted octanol–water partition coefficient (Wildman–Crippen LogP) is 5.96. The molecule has 38 heavy (non-hydrogen) atoms. The molecular formula is C27H29F3N2O6. The fourth-order valence-electron chi connectivity index (χ4n) is 4.20. The van der Waals surface area contributed by atoms with Crippen LogP contribution in [0.4, 0.5) is 18.0 Å². The second-order valence-corrected chi connectivity index (χ2v) is 10.1. The van der Waals surface area contributed by atoms with Gasteiger partial charge in [0.1, 0.15) is 35.1 Å². The summed E-state index contributed by atoms with van der Waals surface area (Å²) >= 11 is 0. The highest BCUT2D eigenvalue weighted by molar-refractivity contribution is 6.07. The van der Waals surface area contributed by atoms with Gasteiger partial charge in [-0.15, -0.1) is 13.2 Å². The van der Waals surface area contributed by atoms with Crippen LogP contribution in [0.25, 0.3) is 11.0 Å². The summed E-state index contributed by atoms with van der Waals surface area (Å²) in [5.74, 6) is 0.155. The summed E-state index contributed by atoms with van der Waals surface area (Å²) < 4.78 is 58.4. The molecule has 4 rings (SSSR count). The number of carbonyl (C=O) groups excluding carboxylic acids is 2. The van der Waals surface area contributed by atoms with Gasteiger partial charge < -0.3 is 28.8 Å². The Morgan fingerprint density at radius 2 is 1.87 bits per heavy atom. The van der Waals surface area contributed by atoms with Crippen molar-refractivity contribution in [2.24, 2.45) is 0 Å². The second-order valence-electron chi connectivity index (χ2n) is 10.1. The van der Waals surface area contributed by atoms with Gasteiger partial charge in [0.25, 0.3) is 5.91 Å². The van der Waals surface area contributed by atoms with Crippen LogP contribution in [0.5, 0.6) is 11.5 Å². The fourth-order valence-corrected chi connectivity index (χ4v) is 4.20.